The topological polar surface area (TPSA) is 105 Å². The molecule has 2 aromatic carbocycles. The molecular formula is C24H29N3O6S. The van der Waals surface area contributed by atoms with Gasteiger partial charge in [-0.3, -0.25) is 14.5 Å². The van der Waals surface area contributed by atoms with E-state index in [0.29, 0.717) is 49.9 Å². The Kier molecular flexibility index (Phi) is 7.20. The molecule has 2 heterocycles. The van der Waals surface area contributed by atoms with E-state index in [1.807, 2.05) is 31.2 Å². The van der Waals surface area contributed by atoms with E-state index < -0.39 is 16.1 Å². The summed E-state index contributed by atoms with van der Waals surface area (Å²) in [5.74, 6) is 0.106. The molecule has 1 atom stereocenters. The number of fused-ring (bicyclic) bond motifs is 1. The van der Waals surface area contributed by atoms with Crippen LogP contribution >= 0.6 is 0 Å². The van der Waals surface area contributed by atoms with Gasteiger partial charge in [-0.25, -0.2) is 8.42 Å². The maximum Gasteiger partial charge on any atom is 0.243 e. The second-order valence-electron chi connectivity index (χ2n) is 8.17. The van der Waals surface area contributed by atoms with Gasteiger partial charge in [-0.15, -0.1) is 0 Å². The summed E-state index contributed by atoms with van der Waals surface area (Å²) >= 11 is 0. The Balaban J connectivity index is 1.53. The van der Waals surface area contributed by atoms with E-state index in [4.69, 9.17) is 9.47 Å². The number of benzene rings is 2. The zero-order valence-electron chi connectivity index (χ0n) is 19.3. The highest BCUT2D eigenvalue weighted by Crippen LogP contribution is 2.35. The van der Waals surface area contributed by atoms with Gasteiger partial charge >= 0.3 is 0 Å². The molecule has 182 valence electrons. The summed E-state index contributed by atoms with van der Waals surface area (Å²) in [5.41, 5.74) is 2.05. The molecule has 0 bridgehead atoms. The molecule has 4 rings (SSSR count). The van der Waals surface area contributed by atoms with Crippen LogP contribution in [0.3, 0.4) is 0 Å². The van der Waals surface area contributed by atoms with Crippen molar-refractivity contribution in [2.24, 2.45) is 0 Å². The first-order chi connectivity index (χ1) is 16.3. The number of sulfonamides is 1. The molecule has 2 aliphatic rings. The smallest absolute Gasteiger partial charge is 0.243 e. The molecule has 2 aromatic rings. The number of nitrogens with zero attached hydrogens (tertiary/aromatic N) is 2. The molecule has 2 aliphatic heterocycles. The van der Waals surface area contributed by atoms with Crippen molar-refractivity contribution in [2.75, 3.05) is 37.8 Å². The zero-order chi connectivity index (χ0) is 24.3. The second-order valence-corrected chi connectivity index (χ2v) is 10.1. The van der Waals surface area contributed by atoms with Gasteiger partial charge in [0.1, 0.15) is 11.8 Å². The van der Waals surface area contributed by atoms with Crippen LogP contribution in [-0.2, 0) is 37.3 Å². The SMILES string of the molecule is CCOc1ccccc1CNC(=O)[C@H]1Cc2cc(S(=O)(=O)N3CCOCC3)ccc2N1C(C)=O. The van der Waals surface area contributed by atoms with E-state index in [-0.39, 0.29) is 29.7 Å². The number of hydrogen-bond acceptors (Lipinski definition) is 6. The molecule has 1 saturated heterocycles. The average Bonchev–Trinajstić information content (AvgIpc) is 3.23. The van der Waals surface area contributed by atoms with Gasteiger partial charge in [0.2, 0.25) is 21.8 Å². The Labute approximate surface area is 199 Å². The minimum Gasteiger partial charge on any atom is -0.494 e. The van der Waals surface area contributed by atoms with Gasteiger partial charge in [0.15, 0.2) is 0 Å². The fourth-order valence-electron chi connectivity index (χ4n) is 4.37. The lowest BCUT2D eigenvalue weighted by molar-refractivity contribution is -0.125. The van der Waals surface area contributed by atoms with Gasteiger partial charge in [0.25, 0.3) is 0 Å². The Bertz CT molecular complexity index is 1180. The highest BCUT2D eigenvalue weighted by atomic mass is 32.2. The standard InChI is InChI=1S/C24H29N3O6S/c1-3-33-23-7-5-4-6-18(23)16-25-24(29)22-15-19-14-20(8-9-21(19)27(22)17(2)28)34(30,31)26-10-12-32-13-11-26/h4-9,14,22H,3,10-13,15-16H2,1-2H3,(H,25,29)/t22-/m1/s1. The average molecular weight is 488 g/mol. The Morgan fingerprint density at radius 2 is 1.88 bits per heavy atom. The molecule has 34 heavy (non-hydrogen) atoms. The molecule has 0 aromatic heterocycles. The molecule has 0 aliphatic carbocycles. The number of hydrogen-bond donors (Lipinski definition) is 1. The van der Waals surface area contributed by atoms with Gasteiger partial charge in [0, 0.05) is 44.2 Å². The highest BCUT2D eigenvalue weighted by molar-refractivity contribution is 7.89. The number of para-hydroxylation sites is 1. The van der Waals surface area contributed by atoms with E-state index >= 15 is 0 Å². The van der Waals surface area contributed by atoms with Crippen molar-refractivity contribution < 1.29 is 27.5 Å². The number of rotatable bonds is 7. The molecule has 10 heteroatoms. The molecule has 0 radical (unpaired) electrons. The third kappa shape index (κ3) is 4.79. The number of nitrogens with one attached hydrogen (secondary N) is 1. The number of carbonyl (C=O) groups is 2. The summed E-state index contributed by atoms with van der Waals surface area (Å²) in [4.78, 5) is 27.2. The lowest BCUT2D eigenvalue weighted by Crippen LogP contribution is -2.47. The highest BCUT2D eigenvalue weighted by Gasteiger charge is 2.38. The summed E-state index contributed by atoms with van der Waals surface area (Å²) in [5, 5.41) is 2.90. The molecule has 1 fully saturated rings. The van der Waals surface area contributed by atoms with E-state index in [2.05, 4.69) is 5.32 Å². The summed E-state index contributed by atoms with van der Waals surface area (Å²) in [6.07, 6.45) is 0.236. The number of anilines is 1. The summed E-state index contributed by atoms with van der Waals surface area (Å²) in [6.45, 7) is 5.37. The van der Waals surface area contributed by atoms with Crippen molar-refractivity contribution in [2.45, 2.75) is 37.8 Å². The van der Waals surface area contributed by atoms with Crippen LogP contribution in [0.4, 0.5) is 5.69 Å². The minimum absolute atomic E-state index is 0.156. The van der Waals surface area contributed by atoms with Crippen LogP contribution in [0.2, 0.25) is 0 Å². The van der Waals surface area contributed by atoms with Crippen LogP contribution in [0, 0.1) is 0 Å². The first kappa shape index (κ1) is 24.2. The number of morpholine rings is 1. The predicted octanol–water partition coefficient (Wildman–Crippen LogP) is 1.70. The van der Waals surface area contributed by atoms with Crippen molar-refractivity contribution in [1.82, 2.24) is 9.62 Å². The van der Waals surface area contributed by atoms with Gasteiger partial charge in [0.05, 0.1) is 24.7 Å². The van der Waals surface area contributed by atoms with Crippen LogP contribution in [0.25, 0.3) is 0 Å². The van der Waals surface area contributed by atoms with E-state index in [1.54, 1.807) is 12.1 Å². The monoisotopic (exact) mass is 487 g/mol. The maximum atomic E-state index is 13.1. The molecule has 9 nitrogen and oxygen atoms in total. The lowest BCUT2D eigenvalue weighted by atomic mass is 10.1. The van der Waals surface area contributed by atoms with Crippen molar-refractivity contribution >= 4 is 27.5 Å². The summed E-state index contributed by atoms with van der Waals surface area (Å²) in [6, 6.07) is 11.4. The van der Waals surface area contributed by atoms with Crippen LogP contribution < -0.4 is 15.0 Å². The van der Waals surface area contributed by atoms with Crippen molar-refractivity contribution in [3.8, 4) is 5.75 Å². The Morgan fingerprint density at radius 3 is 2.59 bits per heavy atom. The normalized spacial score (nSPS) is 18.4. The molecule has 2 amide bonds. The first-order valence-corrected chi connectivity index (χ1v) is 12.8. The molecule has 1 N–H and O–H groups in total. The molecule has 0 spiro atoms. The maximum absolute atomic E-state index is 13.1. The number of ether oxygens (including phenoxy) is 2. The second kappa shape index (κ2) is 10.1. The van der Waals surface area contributed by atoms with Crippen LogP contribution in [0.1, 0.15) is 25.0 Å². The van der Waals surface area contributed by atoms with Crippen molar-refractivity contribution in [3.05, 3.63) is 53.6 Å². The summed E-state index contributed by atoms with van der Waals surface area (Å²) in [7, 11) is -3.68. The van der Waals surface area contributed by atoms with E-state index in [9.17, 15) is 18.0 Å². The van der Waals surface area contributed by atoms with Crippen LogP contribution in [0.15, 0.2) is 47.4 Å². The summed E-state index contributed by atoms with van der Waals surface area (Å²) < 4.78 is 38.4. The van der Waals surface area contributed by atoms with Gasteiger partial charge in [-0.1, -0.05) is 18.2 Å². The molecule has 0 unspecified atom stereocenters. The number of amides is 2. The van der Waals surface area contributed by atoms with Crippen LogP contribution in [-0.4, -0.2) is 63.5 Å². The van der Waals surface area contributed by atoms with E-state index in [1.165, 1.54) is 22.2 Å². The largest absolute Gasteiger partial charge is 0.494 e. The quantitative estimate of drug-likeness (QED) is 0.637. The fraction of sp³-hybridized carbons (Fsp3) is 0.417. The molecular weight excluding hydrogens is 458 g/mol. The number of carbonyl (C=O) groups excluding carboxylic acids is 2. The lowest BCUT2D eigenvalue weighted by Gasteiger charge is -2.26. The minimum atomic E-state index is -3.68. The first-order valence-electron chi connectivity index (χ1n) is 11.3. The third-order valence-corrected chi connectivity index (χ3v) is 7.91. The Hall–Kier alpha value is -2.95. The van der Waals surface area contributed by atoms with Gasteiger partial charge in [-0.05, 0) is 36.8 Å². The Morgan fingerprint density at radius 1 is 1.15 bits per heavy atom. The van der Waals surface area contributed by atoms with Gasteiger partial charge < -0.3 is 14.8 Å². The molecule has 0 saturated carbocycles. The van der Waals surface area contributed by atoms with Crippen molar-refractivity contribution in [3.63, 3.8) is 0 Å². The van der Waals surface area contributed by atoms with Crippen molar-refractivity contribution in [1.29, 1.82) is 0 Å². The fourth-order valence-corrected chi connectivity index (χ4v) is 5.83. The third-order valence-electron chi connectivity index (χ3n) is 6.01. The van der Waals surface area contributed by atoms with Gasteiger partial charge in [-0.2, -0.15) is 4.31 Å². The van der Waals surface area contributed by atoms with Crippen LogP contribution in [0.5, 0.6) is 5.75 Å². The zero-order valence-corrected chi connectivity index (χ0v) is 20.1. The van der Waals surface area contributed by atoms with E-state index in [0.717, 1.165) is 5.56 Å². The predicted molar refractivity (Wildman–Crippen MR) is 126 cm³/mol.